The first-order valence-corrected chi connectivity index (χ1v) is 11.8. The zero-order chi connectivity index (χ0) is 23.1. The number of H-pyrrole nitrogens is 1. The van der Waals surface area contributed by atoms with Crippen molar-refractivity contribution < 1.29 is 0 Å². The smallest absolute Gasteiger partial charge is 0.278 e. The minimum absolute atomic E-state index is 0.201. The topological polar surface area (TPSA) is 94.3 Å². The van der Waals surface area contributed by atoms with E-state index in [-0.39, 0.29) is 11.4 Å². The van der Waals surface area contributed by atoms with E-state index in [1.807, 2.05) is 71.4 Å². The van der Waals surface area contributed by atoms with Crippen molar-refractivity contribution in [2.24, 2.45) is 0 Å². The highest BCUT2D eigenvalue weighted by Crippen LogP contribution is 2.33. The predicted molar refractivity (Wildman–Crippen MR) is 133 cm³/mol. The molecule has 6 rings (SSSR count). The third-order valence-corrected chi connectivity index (χ3v) is 6.64. The Labute approximate surface area is 202 Å². The fourth-order valence-corrected chi connectivity index (χ4v) is 4.80. The molecule has 0 saturated heterocycles. The molecule has 3 aromatic heterocycles. The maximum absolute atomic E-state index is 12.9. The molecule has 0 atom stereocenters. The van der Waals surface area contributed by atoms with Crippen molar-refractivity contribution in [1.29, 1.82) is 0 Å². The standard InChI is InChI=1S/C24H16ClN7OS/c25-15-9-11-16(12-10-15)32-22(19-13-26-20-7-3-1-5-17(19)20)28-29-24(32)34-14-31-23(33)18-6-2-4-8-21(18)27-30-31/h1-13,26H,14H2. The van der Waals surface area contributed by atoms with Crippen molar-refractivity contribution in [2.75, 3.05) is 0 Å². The number of aromatic nitrogens is 7. The zero-order valence-corrected chi connectivity index (χ0v) is 19.2. The van der Waals surface area contributed by atoms with E-state index in [2.05, 4.69) is 25.5 Å². The van der Waals surface area contributed by atoms with Gasteiger partial charge in [-0.15, -0.1) is 15.3 Å². The van der Waals surface area contributed by atoms with E-state index in [1.54, 1.807) is 12.1 Å². The van der Waals surface area contributed by atoms with E-state index < -0.39 is 0 Å². The Bertz CT molecular complexity index is 1700. The summed E-state index contributed by atoms with van der Waals surface area (Å²) in [7, 11) is 0. The molecule has 8 nitrogen and oxygen atoms in total. The van der Waals surface area contributed by atoms with Crippen molar-refractivity contribution in [3.63, 3.8) is 0 Å². The largest absolute Gasteiger partial charge is 0.360 e. The van der Waals surface area contributed by atoms with Gasteiger partial charge in [0.05, 0.1) is 11.3 Å². The number of rotatable bonds is 5. The average Bonchev–Trinajstić information content (AvgIpc) is 3.48. The van der Waals surface area contributed by atoms with Crippen LogP contribution >= 0.6 is 23.4 Å². The molecule has 10 heteroatoms. The molecule has 0 amide bonds. The fourth-order valence-electron chi connectivity index (χ4n) is 3.84. The van der Waals surface area contributed by atoms with Gasteiger partial charge in [-0.1, -0.05) is 58.9 Å². The molecule has 3 heterocycles. The van der Waals surface area contributed by atoms with Crippen LogP contribution in [0.3, 0.4) is 0 Å². The normalized spacial score (nSPS) is 11.4. The van der Waals surface area contributed by atoms with Gasteiger partial charge in [0.25, 0.3) is 5.56 Å². The summed E-state index contributed by atoms with van der Waals surface area (Å²) >= 11 is 7.48. The van der Waals surface area contributed by atoms with E-state index in [0.717, 1.165) is 22.2 Å². The van der Waals surface area contributed by atoms with E-state index in [1.165, 1.54) is 16.4 Å². The first-order valence-electron chi connectivity index (χ1n) is 10.4. The second kappa shape index (κ2) is 8.44. The molecule has 34 heavy (non-hydrogen) atoms. The quantitative estimate of drug-likeness (QED) is 0.348. The molecule has 0 unspecified atom stereocenters. The molecule has 0 bridgehead atoms. The first kappa shape index (κ1) is 20.6. The van der Waals surface area contributed by atoms with Gasteiger partial charge >= 0.3 is 0 Å². The summed E-state index contributed by atoms with van der Waals surface area (Å²) in [4.78, 5) is 16.2. The lowest BCUT2D eigenvalue weighted by atomic mass is 10.1. The van der Waals surface area contributed by atoms with Crippen LogP contribution in [0.4, 0.5) is 0 Å². The molecule has 0 radical (unpaired) electrons. The Balaban J connectivity index is 1.43. The number of fused-ring (bicyclic) bond motifs is 2. The van der Waals surface area contributed by atoms with Gasteiger partial charge in [0.15, 0.2) is 11.0 Å². The molecule has 6 aromatic rings. The lowest BCUT2D eigenvalue weighted by molar-refractivity contribution is 0.643. The van der Waals surface area contributed by atoms with E-state index in [0.29, 0.717) is 26.9 Å². The third kappa shape index (κ3) is 3.55. The summed E-state index contributed by atoms with van der Waals surface area (Å²) in [6.07, 6.45) is 1.93. The van der Waals surface area contributed by atoms with Gasteiger partial charge < -0.3 is 4.98 Å². The predicted octanol–water partition coefficient (Wildman–Crippen LogP) is 4.92. The molecule has 166 valence electrons. The molecule has 0 aliphatic carbocycles. The Morgan fingerprint density at radius 3 is 2.50 bits per heavy atom. The first-order chi connectivity index (χ1) is 16.7. The van der Waals surface area contributed by atoms with Crippen LogP contribution in [-0.4, -0.2) is 34.7 Å². The molecule has 1 N–H and O–H groups in total. The minimum Gasteiger partial charge on any atom is -0.360 e. The van der Waals surface area contributed by atoms with Crippen LogP contribution in [0.2, 0.25) is 5.02 Å². The minimum atomic E-state index is -0.201. The number of nitrogens with one attached hydrogen (secondary N) is 1. The monoisotopic (exact) mass is 485 g/mol. The number of thioether (sulfide) groups is 1. The molecular formula is C24H16ClN7OS. The van der Waals surface area contributed by atoms with Crippen LogP contribution in [0.1, 0.15) is 0 Å². The van der Waals surface area contributed by atoms with Crippen LogP contribution in [0, 0.1) is 0 Å². The zero-order valence-electron chi connectivity index (χ0n) is 17.6. The van der Waals surface area contributed by atoms with Gasteiger partial charge in [-0.25, -0.2) is 0 Å². The highest BCUT2D eigenvalue weighted by molar-refractivity contribution is 7.98. The van der Waals surface area contributed by atoms with Crippen LogP contribution in [0.5, 0.6) is 0 Å². The summed E-state index contributed by atoms with van der Waals surface area (Å²) in [6.45, 7) is 0. The molecule has 0 saturated carbocycles. The van der Waals surface area contributed by atoms with Crippen LogP contribution in [-0.2, 0) is 5.88 Å². The van der Waals surface area contributed by atoms with Crippen LogP contribution < -0.4 is 5.56 Å². The second-order valence-electron chi connectivity index (χ2n) is 7.55. The average molecular weight is 486 g/mol. The number of nitrogens with zero attached hydrogens (tertiary/aromatic N) is 6. The van der Waals surface area contributed by atoms with E-state index in [9.17, 15) is 4.79 Å². The van der Waals surface area contributed by atoms with Crippen molar-refractivity contribution in [3.8, 4) is 17.1 Å². The summed E-state index contributed by atoms with van der Waals surface area (Å²) < 4.78 is 3.29. The SMILES string of the molecule is O=c1c2ccccc2nnn1CSc1nnc(-c2c[nH]c3ccccc23)n1-c1ccc(Cl)cc1. The van der Waals surface area contributed by atoms with E-state index >= 15 is 0 Å². The van der Waals surface area contributed by atoms with Crippen molar-refractivity contribution >= 4 is 45.2 Å². The number of hydrogen-bond acceptors (Lipinski definition) is 6. The number of para-hydroxylation sites is 1. The number of aromatic amines is 1. The number of hydrogen-bond donors (Lipinski definition) is 1. The lowest BCUT2D eigenvalue weighted by Gasteiger charge is -2.10. The summed E-state index contributed by atoms with van der Waals surface area (Å²) in [6, 6.07) is 22.7. The molecular weight excluding hydrogens is 470 g/mol. The summed E-state index contributed by atoms with van der Waals surface area (Å²) in [5.41, 5.74) is 3.16. The van der Waals surface area contributed by atoms with Crippen molar-refractivity contribution in [3.05, 3.63) is 94.4 Å². The van der Waals surface area contributed by atoms with Crippen molar-refractivity contribution in [1.82, 2.24) is 34.7 Å². The fraction of sp³-hybridized carbons (Fsp3) is 0.0417. The Kier molecular flexibility index (Phi) is 5.12. The van der Waals surface area contributed by atoms with Crippen molar-refractivity contribution in [2.45, 2.75) is 11.0 Å². The maximum Gasteiger partial charge on any atom is 0.278 e. The summed E-state index contributed by atoms with van der Waals surface area (Å²) in [5.74, 6) is 0.912. The van der Waals surface area contributed by atoms with Gasteiger partial charge in [-0.3, -0.25) is 9.36 Å². The molecule has 0 spiro atoms. The second-order valence-corrected chi connectivity index (χ2v) is 8.90. The van der Waals surface area contributed by atoms with Gasteiger partial charge in [-0.2, -0.15) is 4.68 Å². The Morgan fingerprint density at radius 2 is 1.65 bits per heavy atom. The maximum atomic E-state index is 12.9. The van der Waals surface area contributed by atoms with Gasteiger partial charge in [0.1, 0.15) is 5.52 Å². The highest BCUT2D eigenvalue weighted by atomic mass is 35.5. The Morgan fingerprint density at radius 1 is 0.882 bits per heavy atom. The number of benzene rings is 3. The Hall–Kier alpha value is -3.95. The molecule has 0 aliphatic heterocycles. The van der Waals surface area contributed by atoms with Gasteiger partial charge in [0.2, 0.25) is 0 Å². The van der Waals surface area contributed by atoms with Gasteiger partial charge in [-0.05, 0) is 42.5 Å². The number of halogens is 1. The molecule has 0 fully saturated rings. The van der Waals surface area contributed by atoms with Gasteiger partial charge in [0, 0.05) is 33.4 Å². The molecule has 0 aliphatic rings. The van der Waals surface area contributed by atoms with Crippen LogP contribution in [0.25, 0.3) is 38.9 Å². The lowest BCUT2D eigenvalue weighted by Crippen LogP contribution is -2.23. The highest BCUT2D eigenvalue weighted by Gasteiger charge is 2.19. The van der Waals surface area contributed by atoms with Crippen LogP contribution in [0.15, 0.2) is 88.9 Å². The van der Waals surface area contributed by atoms with E-state index in [4.69, 9.17) is 11.6 Å². The molecule has 3 aromatic carbocycles. The summed E-state index contributed by atoms with van der Waals surface area (Å²) in [5, 5.41) is 20.0. The third-order valence-electron chi connectivity index (χ3n) is 5.49.